The average Bonchev–Trinajstić information content (AvgIpc) is 3.06. The first-order valence-electron chi connectivity index (χ1n) is 5.61. The van der Waals surface area contributed by atoms with Crippen LogP contribution in [-0.2, 0) is 6.18 Å². The molecule has 0 amide bonds. The lowest BCUT2D eigenvalue weighted by Crippen LogP contribution is -2.09. The van der Waals surface area contributed by atoms with Crippen molar-refractivity contribution in [2.45, 2.75) is 6.18 Å². The first kappa shape index (κ1) is 13.1. The van der Waals surface area contributed by atoms with Gasteiger partial charge in [0.25, 0.3) is 5.95 Å². The summed E-state index contributed by atoms with van der Waals surface area (Å²) in [5.41, 5.74) is 4.37. The van der Waals surface area contributed by atoms with Crippen molar-refractivity contribution in [2.75, 3.05) is 5.73 Å². The van der Waals surface area contributed by atoms with Crippen LogP contribution in [0, 0.1) is 0 Å². The fourth-order valence-electron chi connectivity index (χ4n) is 1.80. The van der Waals surface area contributed by atoms with Crippen LogP contribution in [0.5, 0.6) is 0 Å². The Hall–Kier alpha value is -2.91. The van der Waals surface area contributed by atoms with Gasteiger partial charge in [0, 0.05) is 18.0 Å². The molecule has 0 fully saturated rings. The smallest absolute Gasteiger partial charge is 0.383 e. The Bertz CT molecular complexity index is 750. The third-order valence-corrected chi connectivity index (χ3v) is 2.65. The zero-order valence-corrected chi connectivity index (χ0v) is 10.2. The maximum atomic E-state index is 13.1. The molecule has 0 aliphatic carbocycles. The van der Waals surface area contributed by atoms with Crippen molar-refractivity contribution in [1.82, 2.24) is 24.9 Å². The molecule has 0 spiro atoms. The SMILES string of the molecule is Nc1c(-c2cnoc2)c(C(F)(F)F)nn1-c1ncccn1. The Morgan fingerprint density at radius 2 is 1.90 bits per heavy atom. The third-order valence-electron chi connectivity index (χ3n) is 2.65. The van der Waals surface area contributed by atoms with Crippen LogP contribution in [0.2, 0.25) is 0 Å². The fourth-order valence-corrected chi connectivity index (χ4v) is 1.80. The Kier molecular flexibility index (Phi) is 2.85. The quantitative estimate of drug-likeness (QED) is 0.776. The summed E-state index contributed by atoms with van der Waals surface area (Å²) in [4.78, 5) is 7.66. The Morgan fingerprint density at radius 3 is 2.48 bits per heavy atom. The van der Waals surface area contributed by atoms with E-state index in [4.69, 9.17) is 5.73 Å². The molecule has 0 aliphatic rings. The molecule has 0 saturated heterocycles. The van der Waals surface area contributed by atoms with Crippen molar-refractivity contribution in [2.24, 2.45) is 0 Å². The predicted octanol–water partition coefficient (Wildman–Crippen LogP) is 1.92. The van der Waals surface area contributed by atoms with E-state index in [2.05, 4.69) is 24.7 Å². The number of hydrogen-bond acceptors (Lipinski definition) is 6. The average molecular weight is 296 g/mol. The van der Waals surface area contributed by atoms with Crippen LogP contribution in [0.1, 0.15) is 5.69 Å². The van der Waals surface area contributed by atoms with Gasteiger partial charge >= 0.3 is 6.18 Å². The molecule has 21 heavy (non-hydrogen) atoms. The Labute approximate surface area is 115 Å². The van der Waals surface area contributed by atoms with Gasteiger partial charge in [-0.3, -0.25) is 0 Å². The van der Waals surface area contributed by atoms with Gasteiger partial charge in [-0.2, -0.15) is 23.0 Å². The summed E-state index contributed by atoms with van der Waals surface area (Å²) in [6.45, 7) is 0. The summed E-state index contributed by atoms with van der Waals surface area (Å²) in [6, 6.07) is 1.52. The van der Waals surface area contributed by atoms with Gasteiger partial charge < -0.3 is 10.3 Å². The van der Waals surface area contributed by atoms with Crippen molar-refractivity contribution in [3.05, 3.63) is 36.6 Å². The topological polar surface area (TPSA) is 95.7 Å². The van der Waals surface area contributed by atoms with Gasteiger partial charge in [0.1, 0.15) is 12.1 Å². The van der Waals surface area contributed by atoms with E-state index in [0.717, 1.165) is 17.1 Å². The van der Waals surface area contributed by atoms with Crippen LogP contribution < -0.4 is 5.73 Å². The molecule has 10 heteroatoms. The van der Waals surface area contributed by atoms with E-state index >= 15 is 0 Å². The van der Waals surface area contributed by atoms with E-state index in [-0.39, 0.29) is 22.9 Å². The van der Waals surface area contributed by atoms with E-state index < -0.39 is 11.9 Å². The van der Waals surface area contributed by atoms with Gasteiger partial charge in [0.15, 0.2) is 5.69 Å². The minimum atomic E-state index is -4.69. The van der Waals surface area contributed by atoms with Gasteiger partial charge in [0.2, 0.25) is 0 Å². The molecule has 0 aromatic carbocycles. The molecule has 0 radical (unpaired) electrons. The van der Waals surface area contributed by atoms with Gasteiger partial charge in [-0.25, -0.2) is 9.97 Å². The van der Waals surface area contributed by atoms with Crippen molar-refractivity contribution in [3.63, 3.8) is 0 Å². The van der Waals surface area contributed by atoms with E-state index in [9.17, 15) is 13.2 Å². The first-order chi connectivity index (χ1) is 9.98. The summed E-state index contributed by atoms with van der Waals surface area (Å²) in [7, 11) is 0. The molecule has 0 bridgehead atoms. The standard InChI is InChI=1S/C11H7F3N6O/c12-11(13,14)8-7(6-4-18-21-5-6)9(15)20(19-8)10-16-2-1-3-17-10/h1-5H,15H2. The minimum Gasteiger partial charge on any atom is -0.383 e. The van der Waals surface area contributed by atoms with Crippen LogP contribution in [-0.4, -0.2) is 24.9 Å². The van der Waals surface area contributed by atoms with Gasteiger partial charge in [-0.1, -0.05) is 5.16 Å². The molecule has 0 aliphatic heterocycles. The van der Waals surface area contributed by atoms with Crippen LogP contribution in [0.15, 0.2) is 35.4 Å². The Morgan fingerprint density at radius 1 is 1.19 bits per heavy atom. The highest BCUT2D eigenvalue weighted by atomic mass is 19.4. The van der Waals surface area contributed by atoms with Gasteiger partial charge in [0.05, 0.1) is 11.8 Å². The molecular formula is C11H7F3N6O. The minimum absolute atomic E-state index is 0.0665. The van der Waals surface area contributed by atoms with Gasteiger partial charge in [-0.05, 0) is 6.07 Å². The Balaban J connectivity index is 2.26. The maximum Gasteiger partial charge on any atom is 0.435 e. The van der Waals surface area contributed by atoms with E-state index in [1.807, 2.05) is 0 Å². The highest BCUT2D eigenvalue weighted by molar-refractivity contribution is 5.76. The number of halogens is 3. The molecule has 0 atom stereocenters. The highest BCUT2D eigenvalue weighted by Gasteiger charge is 2.40. The number of hydrogen-bond donors (Lipinski definition) is 1. The molecule has 3 aromatic rings. The molecule has 0 unspecified atom stereocenters. The number of rotatable bonds is 2. The highest BCUT2D eigenvalue weighted by Crippen LogP contribution is 2.40. The number of nitrogens with two attached hydrogens (primary N) is 1. The largest absolute Gasteiger partial charge is 0.435 e. The zero-order valence-electron chi connectivity index (χ0n) is 10.2. The molecule has 3 aromatic heterocycles. The van der Waals surface area contributed by atoms with Crippen LogP contribution in [0.25, 0.3) is 17.1 Å². The number of nitrogen functional groups attached to an aromatic ring is 1. The number of nitrogens with zero attached hydrogens (tertiary/aromatic N) is 5. The van der Waals surface area contributed by atoms with Crippen LogP contribution in [0.3, 0.4) is 0 Å². The second-order valence-corrected chi connectivity index (χ2v) is 3.98. The molecule has 3 rings (SSSR count). The van der Waals surface area contributed by atoms with Crippen molar-refractivity contribution in [1.29, 1.82) is 0 Å². The second-order valence-electron chi connectivity index (χ2n) is 3.98. The normalized spacial score (nSPS) is 11.8. The maximum absolute atomic E-state index is 13.1. The summed E-state index contributed by atoms with van der Waals surface area (Å²) < 4.78 is 44.8. The lowest BCUT2D eigenvalue weighted by atomic mass is 10.1. The van der Waals surface area contributed by atoms with Crippen LogP contribution in [0.4, 0.5) is 19.0 Å². The molecule has 2 N–H and O–H groups in total. The summed E-state index contributed by atoms with van der Waals surface area (Å²) >= 11 is 0. The second kappa shape index (κ2) is 4.58. The van der Waals surface area contributed by atoms with Gasteiger partial charge in [-0.15, -0.1) is 0 Å². The molecule has 7 nitrogen and oxygen atoms in total. The number of alkyl halides is 3. The lowest BCUT2D eigenvalue weighted by Gasteiger charge is -2.03. The molecule has 0 saturated carbocycles. The van der Waals surface area contributed by atoms with E-state index in [1.165, 1.54) is 18.5 Å². The fraction of sp³-hybridized carbons (Fsp3) is 0.0909. The monoisotopic (exact) mass is 296 g/mol. The summed E-state index contributed by atoms with van der Waals surface area (Å²) in [5, 5.41) is 6.86. The molecular weight excluding hydrogens is 289 g/mol. The van der Waals surface area contributed by atoms with Crippen molar-refractivity contribution < 1.29 is 17.7 Å². The predicted molar refractivity (Wildman–Crippen MR) is 64.1 cm³/mol. The number of anilines is 1. The van der Waals surface area contributed by atoms with E-state index in [0.29, 0.717) is 0 Å². The van der Waals surface area contributed by atoms with Crippen LogP contribution >= 0.6 is 0 Å². The van der Waals surface area contributed by atoms with E-state index in [1.54, 1.807) is 0 Å². The zero-order chi connectivity index (χ0) is 15.0. The number of aromatic nitrogens is 5. The molecule has 108 valence electrons. The lowest BCUT2D eigenvalue weighted by molar-refractivity contribution is -0.140. The van der Waals surface area contributed by atoms with Crippen molar-refractivity contribution >= 4 is 5.82 Å². The third kappa shape index (κ3) is 2.20. The summed E-state index contributed by atoms with van der Waals surface area (Å²) in [6.07, 6.45) is 0.226. The van der Waals surface area contributed by atoms with Crippen molar-refractivity contribution in [3.8, 4) is 17.1 Å². The first-order valence-corrected chi connectivity index (χ1v) is 5.61. The summed E-state index contributed by atoms with van der Waals surface area (Å²) in [5.74, 6) is -0.320. The molecule has 3 heterocycles.